The van der Waals surface area contributed by atoms with E-state index >= 15 is 0 Å². The molecular formula is C16H13Cl2FN2O2. The Bertz CT molecular complexity index is 733. The molecule has 0 heterocycles. The van der Waals surface area contributed by atoms with Gasteiger partial charge in [0, 0.05) is 5.02 Å². The number of carbonyl (C=O) groups excluding carboxylic acids is 1. The predicted molar refractivity (Wildman–Crippen MR) is 88.7 cm³/mol. The normalized spacial score (nSPS) is 11.2. The van der Waals surface area contributed by atoms with Crippen molar-refractivity contribution in [2.24, 2.45) is 5.10 Å². The third kappa shape index (κ3) is 5.23. The van der Waals surface area contributed by atoms with Crippen LogP contribution in [-0.4, -0.2) is 18.2 Å². The van der Waals surface area contributed by atoms with Crippen molar-refractivity contribution in [3.63, 3.8) is 0 Å². The number of carbonyl (C=O) groups is 1. The summed E-state index contributed by atoms with van der Waals surface area (Å²) in [5, 5.41) is 4.73. The highest BCUT2D eigenvalue weighted by Gasteiger charge is 2.06. The minimum atomic E-state index is -0.447. The van der Waals surface area contributed by atoms with E-state index in [-0.39, 0.29) is 12.4 Å². The standard InChI is InChI=1S/C16H13Cl2FN2O2/c1-10(11-2-5-13(19)6-3-11)20-21-16(22)9-23-15-7-4-12(17)8-14(15)18/h2-8H,9H2,1H3,(H,21,22). The van der Waals surface area contributed by atoms with E-state index in [1.807, 2.05) is 0 Å². The number of amides is 1. The molecule has 0 spiro atoms. The smallest absolute Gasteiger partial charge is 0.277 e. The number of hydrogen-bond acceptors (Lipinski definition) is 3. The highest BCUT2D eigenvalue weighted by Crippen LogP contribution is 2.27. The second kappa shape index (κ2) is 7.94. The Morgan fingerprint density at radius 2 is 1.91 bits per heavy atom. The van der Waals surface area contributed by atoms with E-state index in [9.17, 15) is 9.18 Å². The summed E-state index contributed by atoms with van der Waals surface area (Å²) in [5.74, 6) is -0.429. The van der Waals surface area contributed by atoms with Gasteiger partial charge in [0.2, 0.25) is 0 Å². The molecule has 0 atom stereocenters. The van der Waals surface area contributed by atoms with Gasteiger partial charge in [0.15, 0.2) is 6.61 Å². The Labute approximate surface area is 142 Å². The largest absolute Gasteiger partial charge is 0.482 e. The summed E-state index contributed by atoms with van der Waals surface area (Å²) in [6, 6.07) is 10.5. The number of benzene rings is 2. The maximum atomic E-state index is 12.8. The molecule has 120 valence electrons. The zero-order valence-electron chi connectivity index (χ0n) is 12.1. The van der Waals surface area contributed by atoms with Gasteiger partial charge in [-0.1, -0.05) is 35.3 Å². The van der Waals surface area contributed by atoms with E-state index in [1.165, 1.54) is 18.2 Å². The van der Waals surface area contributed by atoms with Gasteiger partial charge in [-0.2, -0.15) is 5.10 Å². The summed E-state index contributed by atoms with van der Waals surface area (Å²) in [5.41, 5.74) is 3.60. The van der Waals surface area contributed by atoms with Gasteiger partial charge in [-0.05, 0) is 42.8 Å². The molecule has 2 aromatic rings. The Kier molecular flexibility index (Phi) is 5.96. The number of halogens is 3. The van der Waals surface area contributed by atoms with Crippen molar-refractivity contribution in [3.05, 3.63) is 63.9 Å². The number of hydrogen-bond donors (Lipinski definition) is 1. The van der Waals surface area contributed by atoms with Crippen LogP contribution in [0, 0.1) is 5.82 Å². The molecule has 0 aliphatic rings. The molecule has 4 nitrogen and oxygen atoms in total. The van der Waals surface area contributed by atoms with Crippen LogP contribution in [0.4, 0.5) is 4.39 Å². The number of ether oxygens (including phenoxy) is 1. The molecule has 0 aliphatic heterocycles. The fourth-order valence-corrected chi connectivity index (χ4v) is 2.13. The van der Waals surface area contributed by atoms with Crippen molar-refractivity contribution in [2.45, 2.75) is 6.92 Å². The minimum Gasteiger partial charge on any atom is -0.482 e. The molecule has 1 amide bonds. The van der Waals surface area contributed by atoms with E-state index in [1.54, 1.807) is 31.2 Å². The van der Waals surface area contributed by atoms with Crippen LogP contribution in [0.5, 0.6) is 5.75 Å². The van der Waals surface area contributed by atoms with Crippen molar-refractivity contribution in [2.75, 3.05) is 6.61 Å². The summed E-state index contributed by atoms with van der Waals surface area (Å²) >= 11 is 11.7. The lowest BCUT2D eigenvalue weighted by Gasteiger charge is -2.07. The molecule has 2 aromatic carbocycles. The van der Waals surface area contributed by atoms with Gasteiger partial charge in [0.25, 0.3) is 5.91 Å². The number of nitrogens with zero attached hydrogens (tertiary/aromatic N) is 1. The monoisotopic (exact) mass is 354 g/mol. The summed E-state index contributed by atoms with van der Waals surface area (Å²) in [7, 11) is 0. The van der Waals surface area contributed by atoms with E-state index in [2.05, 4.69) is 10.5 Å². The van der Waals surface area contributed by atoms with Gasteiger partial charge in [-0.15, -0.1) is 0 Å². The van der Waals surface area contributed by atoms with Crippen molar-refractivity contribution in [3.8, 4) is 5.75 Å². The summed E-state index contributed by atoms with van der Waals surface area (Å²) in [6.45, 7) is 1.45. The van der Waals surface area contributed by atoms with E-state index < -0.39 is 5.91 Å². The average molecular weight is 355 g/mol. The van der Waals surface area contributed by atoms with Crippen LogP contribution in [0.1, 0.15) is 12.5 Å². The molecule has 0 aliphatic carbocycles. The van der Waals surface area contributed by atoms with Gasteiger partial charge >= 0.3 is 0 Å². The first-order chi connectivity index (χ1) is 11.0. The summed E-state index contributed by atoms with van der Waals surface area (Å²) in [4.78, 5) is 11.7. The van der Waals surface area contributed by atoms with Crippen molar-refractivity contribution >= 4 is 34.8 Å². The quantitative estimate of drug-likeness (QED) is 0.650. The summed E-state index contributed by atoms with van der Waals surface area (Å²) < 4.78 is 18.1. The lowest BCUT2D eigenvalue weighted by molar-refractivity contribution is -0.123. The molecule has 0 fully saturated rings. The Morgan fingerprint density at radius 1 is 1.22 bits per heavy atom. The van der Waals surface area contributed by atoms with Crippen LogP contribution in [0.3, 0.4) is 0 Å². The maximum Gasteiger partial charge on any atom is 0.277 e. The molecule has 0 unspecified atom stereocenters. The Hall–Kier alpha value is -2.11. The predicted octanol–water partition coefficient (Wildman–Crippen LogP) is 4.05. The van der Waals surface area contributed by atoms with Crippen LogP contribution in [0.2, 0.25) is 10.0 Å². The van der Waals surface area contributed by atoms with Crippen LogP contribution >= 0.6 is 23.2 Å². The van der Waals surface area contributed by atoms with Gasteiger partial charge in [0.1, 0.15) is 11.6 Å². The van der Waals surface area contributed by atoms with E-state index in [4.69, 9.17) is 27.9 Å². The van der Waals surface area contributed by atoms with Crippen LogP contribution in [0.25, 0.3) is 0 Å². The van der Waals surface area contributed by atoms with Crippen molar-refractivity contribution in [1.29, 1.82) is 0 Å². The zero-order valence-corrected chi connectivity index (χ0v) is 13.7. The molecule has 0 saturated heterocycles. The van der Waals surface area contributed by atoms with Gasteiger partial charge in [-0.25, -0.2) is 9.82 Å². The number of rotatable bonds is 5. The van der Waals surface area contributed by atoms with E-state index in [0.717, 1.165) is 0 Å². The van der Waals surface area contributed by atoms with Crippen LogP contribution in [0.15, 0.2) is 47.6 Å². The molecule has 1 N–H and O–H groups in total. The second-order valence-electron chi connectivity index (χ2n) is 4.60. The average Bonchev–Trinajstić information content (AvgIpc) is 2.52. The van der Waals surface area contributed by atoms with Crippen molar-refractivity contribution in [1.82, 2.24) is 5.43 Å². The first kappa shape index (κ1) is 17.2. The second-order valence-corrected chi connectivity index (χ2v) is 5.45. The van der Waals surface area contributed by atoms with Gasteiger partial charge in [0.05, 0.1) is 10.7 Å². The molecule has 0 aromatic heterocycles. The fourth-order valence-electron chi connectivity index (χ4n) is 1.67. The number of hydrazone groups is 1. The first-order valence-electron chi connectivity index (χ1n) is 6.62. The topological polar surface area (TPSA) is 50.7 Å². The molecule has 23 heavy (non-hydrogen) atoms. The highest BCUT2D eigenvalue weighted by atomic mass is 35.5. The molecule has 0 radical (unpaired) electrons. The SMILES string of the molecule is CC(=NNC(=O)COc1ccc(Cl)cc1Cl)c1ccc(F)cc1. The Morgan fingerprint density at radius 3 is 2.57 bits per heavy atom. The fraction of sp³-hybridized carbons (Fsp3) is 0.125. The molecule has 2 rings (SSSR count). The lowest BCUT2D eigenvalue weighted by atomic mass is 10.1. The van der Waals surface area contributed by atoms with E-state index in [0.29, 0.717) is 27.1 Å². The van der Waals surface area contributed by atoms with Crippen LogP contribution in [-0.2, 0) is 4.79 Å². The lowest BCUT2D eigenvalue weighted by Crippen LogP contribution is -2.25. The van der Waals surface area contributed by atoms with Crippen LogP contribution < -0.4 is 10.2 Å². The zero-order chi connectivity index (χ0) is 16.8. The minimum absolute atomic E-state index is 0.248. The van der Waals surface area contributed by atoms with Gasteiger partial charge in [-0.3, -0.25) is 4.79 Å². The third-order valence-corrected chi connectivity index (χ3v) is 3.39. The molecule has 7 heteroatoms. The first-order valence-corrected chi connectivity index (χ1v) is 7.38. The maximum absolute atomic E-state index is 12.8. The van der Waals surface area contributed by atoms with Gasteiger partial charge < -0.3 is 4.74 Å². The number of nitrogens with one attached hydrogen (secondary N) is 1. The molecular weight excluding hydrogens is 342 g/mol. The third-order valence-electron chi connectivity index (χ3n) is 2.86. The van der Waals surface area contributed by atoms with Crippen molar-refractivity contribution < 1.29 is 13.9 Å². The highest BCUT2D eigenvalue weighted by molar-refractivity contribution is 6.35. The Balaban J connectivity index is 1.89. The summed E-state index contributed by atoms with van der Waals surface area (Å²) in [6.07, 6.45) is 0. The molecule has 0 saturated carbocycles. The molecule has 0 bridgehead atoms.